The number of carbonyl (C=O) groups is 1. The molecule has 0 aliphatic rings. The van der Waals surface area contributed by atoms with Crippen LogP contribution in [0.1, 0.15) is 31.9 Å². The average molecular weight is 314 g/mol. The van der Waals surface area contributed by atoms with Crippen LogP contribution in [0.5, 0.6) is 0 Å². The van der Waals surface area contributed by atoms with Crippen molar-refractivity contribution in [3.8, 4) is 0 Å². The van der Waals surface area contributed by atoms with E-state index in [-0.39, 0.29) is 30.2 Å². The van der Waals surface area contributed by atoms with Crippen LogP contribution in [0.4, 0.5) is 10.1 Å². The maximum Gasteiger partial charge on any atom is 0.239 e. The van der Waals surface area contributed by atoms with Crippen molar-refractivity contribution < 1.29 is 9.18 Å². The Morgan fingerprint density at radius 1 is 1.04 bits per heavy atom. The summed E-state index contributed by atoms with van der Waals surface area (Å²) in [5.74, 6) is -0.476. The molecule has 0 aliphatic heterocycles. The minimum atomic E-state index is -0.307. The van der Waals surface area contributed by atoms with Crippen LogP contribution in [0.3, 0.4) is 0 Å². The molecule has 2 aromatic rings. The maximum atomic E-state index is 13.5. The summed E-state index contributed by atoms with van der Waals surface area (Å²) in [7, 11) is 0. The van der Waals surface area contributed by atoms with Crippen molar-refractivity contribution in [1.82, 2.24) is 5.32 Å². The molecule has 0 fully saturated rings. The minimum absolute atomic E-state index is 0.00671. The Morgan fingerprint density at radius 2 is 1.70 bits per heavy atom. The fraction of sp³-hybridized carbons (Fsp3) is 0.316. The lowest BCUT2D eigenvalue weighted by molar-refractivity contribution is -0.119. The Bertz CT molecular complexity index is 677. The van der Waals surface area contributed by atoms with Gasteiger partial charge in [0.15, 0.2) is 0 Å². The van der Waals surface area contributed by atoms with E-state index in [1.54, 1.807) is 18.2 Å². The molecule has 2 N–H and O–H groups in total. The van der Waals surface area contributed by atoms with E-state index in [4.69, 9.17) is 0 Å². The number of halogens is 1. The summed E-state index contributed by atoms with van der Waals surface area (Å²) in [5, 5.41) is 5.89. The molecule has 0 atom stereocenters. The van der Waals surface area contributed by atoms with E-state index >= 15 is 0 Å². The number of benzene rings is 2. The number of para-hydroxylation sites is 1. The molecule has 0 saturated heterocycles. The Morgan fingerprint density at radius 3 is 2.39 bits per heavy atom. The Labute approximate surface area is 136 Å². The largest absolute Gasteiger partial charge is 0.376 e. The molecule has 0 unspecified atom stereocenters. The Hall–Kier alpha value is -2.36. The average Bonchev–Trinajstić information content (AvgIpc) is 2.51. The number of rotatable bonds is 5. The van der Waals surface area contributed by atoms with E-state index in [0.29, 0.717) is 5.56 Å². The standard InChI is InChI=1S/C19H23FN2O/c1-19(2,3)15-9-5-7-11-17(15)21-13-18(23)22-12-14-8-4-6-10-16(14)20/h4-11,21H,12-13H2,1-3H3,(H,22,23). The van der Waals surface area contributed by atoms with Gasteiger partial charge in [-0.15, -0.1) is 0 Å². The van der Waals surface area contributed by atoms with Gasteiger partial charge in [-0.1, -0.05) is 57.2 Å². The number of anilines is 1. The van der Waals surface area contributed by atoms with E-state index in [1.807, 2.05) is 18.2 Å². The summed E-state index contributed by atoms with van der Waals surface area (Å²) in [4.78, 5) is 12.0. The van der Waals surface area contributed by atoms with Crippen molar-refractivity contribution >= 4 is 11.6 Å². The summed E-state index contributed by atoms with van der Waals surface area (Å²) < 4.78 is 13.5. The third kappa shape index (κ3) is 4.81. The van der Waals surface area contributed by atoms with Gasteiger partial charge in [-0.3, -0.25) is 4.79 Å². The summed E-state index contributed by atoms with van der Waals surface area (Å²) in [6, 6.07) is 14.4. The highest BCUT2D eigenvalue weighted by Gasteiger charge is 2.17. The van der Waals surface area contributed by atoms with Crippen LogP contribution in [0.15, 0.2) is 48.5 Å². The van der Waals surface area contributed by atoms with Crippen molar-refractivity contribution in [2.24, 2.45) is 0 Å². The quantitative estimate of drug-likeness (QED) is 0.880. The first kappa shape index (κ1) is 17.0. The van der Waals surface area contributed by atoms with Crippen LogP contribution < -0.4 is 10.6 Å². The molecule has 122 valence electrons. The second-order valence-corrected chi connectivity index (χ2v) is 6.52. The molecule has 1 amide bonds. The summed E-state index contributed by atoms with van der Waals surface area (Å²) in [6.45, 7) is 6.74. The van der Waals surface area contributed by atoms with Gasteiger partial charge < -0.3 is 10.6 Å². The highest BCUT2D eigenvalue weighted by Crippen LogP contribution is 2.28. The van der Waals surface area contributed by atoms with Crippen LogP contribution in [-0.4, -0.2) is 12.5 Å². The lowest BCUT2D eigenvalue weighted by atomic mass is 9.86. The normalized spacial score (nSPS) is 11.1. The predicted octanol–water partition coefficient (Wildman–Crippen LogP) is 3.85. The molecule has 0 bridgehead atoms. The Kier molecular flexibility index (Phi) is 5.37. The maximum absolute atomic E-state index is 13.5. The monoisotopic (exact) mass is 314 g/mol. The highest BCUT2D eigenvalue weighted by atomic mass is 19.1. The van der Waals surface area contributed by atoms with E-state index in [9.17, 15) is 9.18 Å². The third-order valence-electron chi connectivity index (χ3n) is 3.61. The second-order valence-electron chi connectivity index (χ2n) is 6.52. The van der Waals surface area contributed by atoms with Crippen LogP contribution in [0.25, 0.3) is 0 Å². The molecule has 0 radical (unpaired) electrons. The number of hydrogen-bond donors (Lipinski definition) is 2. The molecular formula is C19H23FN2O. The van der Waals surface area contributed by atoms with Crippen LogP contribution in [0.2, 0.25) is 0 Å². The highest BCUT2D eigenvalue weighted by molar-refractivity contribution is 5.81. The van der Waals surface area contributed by atoms with Gasteiger partial charge >= 0.3 is 0 Å². The van der Waals surface area contributed by atoms with E-state index in [0.717, 1.165) is 11.3 Å². The van der Waals surface area contributed by atoms with Gasteiger partial charge in [-0.25, -0.2) is 4.39 Å². The van der Waals surface area contributed by atoms with E-state index < -0.39 is 0 Å². The molecule has 0 aliphatic carbocycles. The lowest BCUT2D eigenvalue weighted by Crippen LogP contribution is -2.30. The van der Waals surface area contributed by atoms with E-state index in [2.05, 4.69) is 37.5 Å². The van der Waals surface area contributed by atoms with Crippen molar-refractivity contribution in [3.05, 3.63) is 65.5 Å². The van der Waals surface area contributed by atoms with Gasteiger partial charge in [0, 0.05) is 17.8 Å². The molecule has 0 saturated carbocycles. The first-order valence-electron chi connectivity index (χ1n) is 7.71. The second kappa shape index (κ2) is 7.27. The van der Waals surface area contributed by atoms with E-state index in [1.165, 1.54) is 6.07 Å². The summed E-state index contributed by atoms with van der Waals surface area (Å²) >= 11 is 0. The SMILES string of the molecule is CC(C)(C)c1ccccc1NCC(=O)NCc1ccccc1F. The van der Waals surface area contributed by atoms with Gasteiger partial charge in [0.05, 0.1) is 6.54 Å². The fourth-order valence-electron chi connectivity index (χ4n) is 2.36. The zero-order valence-electron chi connectivity index (χ0n) is 13.8. The number of nitrogens with one attached hydrogen (secondary N) is 2. The molecular weight excluding hydrogens is 291 g/mol. The van der Waals surface area contributed by atoms with Gasteiger partial charge in [0.1, 0.15) is 5.82 Å². The van der Waals surface area contributed by atoms with Crippen LogP contribution >= 0.6 is 0 Å². The zero-order valence-corrected chi connectivity index (χ0v) is 13.8. The molecule has 2 rings (SSSR count). The van der Waals surface area contributed by atoms with Crippen molar-refractivity contribution in [2.45, 2.75) is 32.7 Å². The molecule has 23 heavy (non-hydrogen) atoms. The van der Waals surface area contributed by atoms with Crippen molar-refractivity contribution in [2.75, 3.05) is 11.9 Å². The predicted molar refractivity (Wildman–Crippen MR) is 91.9 cm³/mol. The molecule has 3 nitrogen and oxygen atoms in total. The fourth-order valence-corrected chi connectivity index (χ4v) is 2.36. The smallest absolute Gasteiger partial charge is 0.239 e. The molecule has 0 spiro atoms. The van der Waals surface area contributed by atoms with Gasteiger partial charge in [0.2, 0.25) is 5.91 Å². The first-order valence-corrected chi connectivity index (χ1v) is 7.71. The molecule has 0 heterocycles. The number of hydrogen-bond acceptors (Lipinski definition) is 2. The number of amides is 1. The number of carbonyl (C=O) groups excluding carboxylic acids is 1. The minimum Gasteiger partial charge on any atom is -0.376 e. The van der Waals surface area contributed by atoms with Gasteiger partial charge in [-0.2, -0.15) is 0 Å². The van der Waals surface area contributed by atoms with Gasteiger partial charge in [-0.05, 0) is 23.1 Å². The van der Waals surface area contributed by atoms with Gasteiger partial charge in [0.25, 0.3) is 0 Å². The lowest BCUT2D eigenvalue weighted by Gasteiger charge is -2.23. The van der Waals surface area contributed by atoms with Crippen LogP contribution in [0, 0.1) is 5.82 Å². The van der Waals surface area contributed by atoms with Crippen molar-refractivity contribution in [1.29, 1.82) is 0 Å². The first-order chi connectivity index (χ1) is 10.9. The third-order valence-corrected chi connectivity index (χ3v) is 3.61. The zero-order chi connectivity index (χ0) is 16.9. The molecule has 4 heteroatoms. The van der Waals surface area contributed by atoms with Crippen molar-refractivity contribution in [3.63, 3.8) is 0 Å². The molecule has 0 aromatic heterocycles. The summed E-state index contributed by atoms with van der Waals surface area (Å²) in [6.07, 6.45) is 0. The summed E-state index contributed by atoms with van der Waals surface area (Å²) in [5.41, 5.74) is 2.58. The Balaban J connectivity index is 1.92. The topological polar surface area (TPSA) is 41.1 Å². The molecule has 2 aromatic carbocycles. The van der Waals surface area contributed by atoms with Crippen LogP contribution in [-0.2, 0) is 16.8 Å².